The molecule has 5 heteroatoms. The van der Waals surface area contributed by atoms with E-state index in [0.29, 0.717) is 5.92 Å². The Hall–Kier alpha value is -2.04. The van der Waals surface area contributed by atoms with Gasteiger partial charge in [-0.25, -0.2) is 0 Å². The van der Waals surface area contributed by atoms with Crippen LogP contribution in [-0.4, -0.2) is 24.0 Å². The molecule has 1 atom stereocenters. The summed E-state index contributed by atoms with van der Waals surface area (Å²) < 4.78 is 6.01. The number of benzene rings is 2. The van der Waals surface area contributed by atoms with Gasteiger partial charge < -0.3 is 10.1 Å². The third kappa shape index (κ3) is 4.98. The Kier molecular flexibility index (Phi) is 6.64. The Morgan fingerprint density at radius 2 is 2.00 bits per heavy atom. The number of amides is 1. The van der Waals surface area contributed by atoms with E-state index in [4.69, 9.17) is 16.3 Å². The van der Waals surface area contributed by atoms with Crippen molar-refractivity contribution in [3.05, 3.63) is 63.7 Å². The number of hydrogen-bond acceptors (Lipinski definition) is 3. The number of nitrogens with zero attached hydrogens (tertiary/aromatic N) is 1. The van der Waals surface area contributed by atoms with E-state index in [1.807, 2.05) is 13.0 Å². The number of rotatable bonds is 7. The molecule has 0 aromatic heterocycles. The quantitative estimate of drug-likeness (QED) is 0.655. The number of fused-ring (bicyclic) bond motifs is 1. The molecule has 2 aliphatic rings. The molecule has 0 radical (unpaired) electrons. The highest BCUT2D eigenvalue weighted by Gasteiger charge is 2.23. The smallest absolute Gasteiger partial charge is 0.217 e. The van der Waals surface area contributed by atoms with Crippen LogP contribution in [0.3, 0.4) is 0 Å². The Labute approximate surface area is 184 Å². The predicted octanol–water partition coefficient (Wildman–Crippen LogP) is 5.27. The fourth-order valence-corrected chi connectivity index (χ4v) is 4.65. The van der Waals surface area contributed by atoms with Gasteiger partial charge in [-0.3, -0.25) is 9.69 Å². The fourth-order valence-electron chi connectivity index (χ4n) is 4.32. The molecule has 0 bridgehead atoms. The normalized spacial score (nSPS) is 17.7. The molecule has 1 N–H and O–H groups in total. The maximum Gasteiger partial charge on any atom is 0.217 e. The van der Waals surface area contributed by atoms with Crippen LogP contribution in [0.25, 0.3) is 0 Å². The lowest BCUT2D eigenvalue weighted by molar-refractivity contribution is -0.119. The van der Waals surface area contributed by atoms with Crippen molar-refractivity contribution in [3.8, 4) is 5.75 Å². The minimum Gasteiger partial charge on any atom is -0.492 e. The number of ether oxygens (including phenoxy) is 1. The molecule has 1 amide bonds. The summed E-state index contributed by atoms with van der Waals surface area (Å²) in [6, 6.07) is 12.8. The standard InChI is InChI=1S/C25H31ClN2O2/c1-17(27-18(2)29)21-8-6-19(7-9-21)14-28-13-12-23-22(15-28)10-11-24(25(23)26)30-16-20-4-3-5-20/h6-11,17,20H,3-5,12-16H2,1-2H3,(H,27,29). The van der Waals surface area contributed by atoms with Crippen molar-refractivity contribution < 1.29 is 9.53 Å². The van der Waals surface area contributed by atoms with Crippen LogP contribution in [0.4, 0.5) is 0 Å². The minimum atomic E-state index is -0.00573. The van der Waals surface area contributed by atoms with E-state index in [0.717, 1.165) is 49.0 Å². The van der Waals surface area contributed by atoms with Crippen molar-refractivity contribution in [2.24, 2.45) is 5.92 Å². The van der Waals surface area contributed by atoms with Gasteiger partial charge in [0, 0.05) is 26.6 Å². The second-order valence-corrected chi connectivity index (χ2v) is 9.13. The highest BCUT2D eigenvalue weighted by Crippen LogP contribution is 2.36. The summed E-state index contributed by atoms with van der Waals surface area (Å²) in [5.41, 5.74) is 4.96. The van der Waals surface area contributed by atoms with Crippen molar-refractivity contribution in [2.75, 3.05) is 13.2 Å². The van der Waals surface area contributed by atoms with Crippen molar-refractivity contribution in [1.82, 2.24) is 10.2 Å². The fraction of sp³-hybridized carbons (Fsp3) is 0.480. The molecule has 1 unspecified atom stereocenters. The molecule has 1 aliphatic heterocycles. The zero-order valence-electron chi connectivity index (χ0n) is 17.9. The third-order valence-corrected chi connectivity index (χ3v) is 6.80. The number of carbonyl (C=O) groups is 1. The van der Waals surface area contributed by atoms with Crippen LogP contribution in [0.5, 0.6) is 5.75 Å². The molecule has 1 saturated carbocycles. The van der Waals surface area contributed by atoms with E-state index in [9.17, 15) is 4.79 Å². The average Bonchev–Trinajstić information content (AvgIpc) is 2.68. The van der Waals surface area contributed by atoms with E-state index in [2.05, 4.69) is 40.5 Å². The summed E-state index contributed by atoms with van der Waals surface area (Å²) in [5.74, 6) is 1.55. The first kappa shape index (κ1) is 21.2. The monoisotopic (exact) mass is 426 g/mol. The van der Waals surface area contributed by atoms with Crippen molar-refractivity contribution in [1.29, 1.82) is 0 Å². The maximum atomic E-state index is 11.3. The van der Waals surface area contributed by atoms with Gasteiger partial charge in [0.25, 0.3) is 0 Å². The summed E-state index contributed by atoms with van der Waals surface area (Å²) in [7, 11) is 0. The van der Waals surface area contributed by atoms with Gasteiger partial charge in [-0.15, -0.1) is 0 Å². The lowest BCUT2D eigenvalue weighted by Gasteiger charge is -2.30. The van der Waals surface area contributed by atoms with Gasteiger partial charge in [0.2, 0.25) is 5.91 Å². The molecule has 0 saturated heterocycles. The lowest BCUT2D eigenvalue weighted by Crippen LogP contribution is -2.30. The van der Waals surface area contributed by atoms with Crippen LogP contribution in [0, 0.1) is 5.92 Å². The van der Waals surface area contributed by atoms with Crippen molar-refractivity contribution in [2.45, 2.75) is 58.7 Å². The molecule has 4 nitrogen and oxygen atoms in total. The molecule has 2 aromatic carbocycles. The lowest BCUT2D eigenvalue weighted by atomic mass is 9.86. The van der Waals surface area contributed by atoms with Gasteiger partial charge in [-0.2, -0.15) is 0 Å². The van der Waals surface area contributed by atoms with Gasteiger partial charge in [-0.05, 0) is 60.4 Å². The van der Waals surface area contributed by atoms with Crippen molar-refractivity contribution >= 4 is 17.5 Å². The highest BCUT2D eigenvalue weighted by atomic mass is 35.5. The van der Waals surface area contributed by atoms with Crippen LogP contribution in [0.1, 0.15) is 61.4 Å². The molecule has 0 spiro atoms. The first-order valence-electron chi connectivity index (χ1n) is 11.0. The predicted molar refractivity (Wildman–Crippen MR) is 121 cm³/mol. The van der Waals surface area contributed by atoms with E-state index < -0.39 is 0 Å². The first-order chi connectivity index (χ1) is 14.5. The van der Waals surface area contributed by atoms with E-state index >= 15 is 0 Å². The third-order valence-electron chi connectivity index (χ3n) is 6.38. The van der Waals surface area contributed by atoms with E-state index in [1.54, 1.807) is 6.92 Å². The summed E-state index contributed by atoms with van der Waals surface area (Å²) >= 11 is 6.69. The number of halogens is 1. The number of nitrogens with one attached hydrogen (secondary N) is 1. The summed E-state index contributed by atoms with van der Waals surface area (Å²) in [4.78, 5) is 13.7. The molecule has 2 aromatic rings. The second-order valence-electron chi connectivity index (χ2n) is 8.75. The zero-order valence-corrected chi connectivity index (χ0v) is 18.7. The summed E-state index contributed by atoms with van der Waals surface area (Å²) in [6.07, 6.45) is 4.85. The summed E-state index contributed by atoms with van der Waals surface area (Å²) in [5, 5.41) is 3.74. The van der Waals surface area contributed by atoms with Gasteiger partial charge in [0.05, 0.1) is 17.7 Å². The van der Waals surface area contributed by atoms with E-state index in [-0.39, 0.29) is 11.9 Å². The Morgan fingerprint density at radius 1 is 1.23 bits per heavy atom. The van der Waals surface area contributed by atoms with Crippen LogP contribution in [0.15, 0.2) is 36.4 Å². The molecule has 1 heterocycles. The number of carbonyl (C=O) groups excluding carboxylic acids is 1. The first-order valence-corrected chi connectivity index (χ1v) is 11.4. The van der Waals surface area contributed by atoms with Crippen LogP contribution in [0.2, 0.25) is 5.02 Å². The SMILES string of the molecule is CC(=O)NC(C)c1ccc(CN2CCc3c(ccc(OCC4CCC4)c3Cl)C2)cc1. The van der Waals surface area contributed by atoms with Crippen LogP contribution >= 0.6 is 11.6 Å². The summed E-state index contributed by atoms with van der Waals surface area (Å²) in [6.45, 7) is 7.15. The molecule has 30 heavy (non-hydrogen) atoms. The highest BCUT2D eigenvalue weighted by molar-refractivity contribution is 6.33. The maximum absolute atomic E-state index is 11.3. The van der Waals surface area contributed by atoms with Gasteiger partial charge in [0.1, 0.15) is 5.75 Å². The largest absolute Gasteiger partial charge is 0.492 e. The van der Waals surface area contributed by atoms with Crippen LogP contribution < -0.4 is 10.1 Å². The Balaban J connectivity index is 1.36. The van der Waals surface area contributed by atoms with Crippen LogP contribution in [-0.2, 0) is 24.3 Å². The molecular formula is C25H31ClN2O2. The molecule has 160 valence electrons. The number of hydrogen-bond donors (Lipinski definition) is 1. The van der Waals surface area contributed by atoms with E-state index in [1.165, 1.54) is 36.0 Å². The zero-order chi connectivity index (χ0) is 21.1. The second kappa shape index (κ2) is 9.40. The molecule has 1 aliphatic carbocycles. The van der Waals surface area contributed by atoms with Gasteiger partial charge >= 0.3 is 0 Å². The molecule has 1 fully saturated rings. The Morgan fingerprint density at radius 3 is 2.67 bits per heavy atom. The van der Waals surface area contributed by atoms with Gasteiger partial charge in [0.15, 0.2) is 0 Å². The average molecular weight is 427 g/mol. The minimum absolute atomic E-state index is 0.00573. The molecule has 4 rings (SSSR count). The molecular weight excluding hydrogens is 396 g/mol. The topological polar surface area (TPSA) is 41.6 Å². The van der Waals surface area contributed by atoms with Crippen molar-refractivity contribution in [3.63, 3.8) is 0 Å². The van der Waals surface area contributed by atoms with Gasteiger partial charge in [-0.1, -0.05) is 48.4 Å². The Bertz CT molecular complexity index is 893.